The summed E-state index contributed by atoms with van der Waals surface area (Å²) in [5, 5.41) is 0. The van der Waals surface area contributed by atoms with E-state index in [2.05, 4.69) is 9.97 Å². The van der Waals surface area contributed by atoms with Crippen LogP contribution in [0.25, 0.3) is 11.0 Å². The molecule has 74 valence electrons. The molecule has 0 radical (unpaired) electrons. The van der Waals surface area contributed by atoms with Crippen LogP contribution >= 0.6 is 0 Å². The van der Waals surface area contributed by atoms with Crippen LogP contribution in [-0.4, -0.2) is 9.97 Å². The third-order valence-electron chi connectivity index (χ3n) is 2.05. The van der Waals surface area contributed by atoms with Crippen molar-refractivity contribution >= 4 is 11.0 Å². The molecule has 0 saturated carbocycles. The van der Waals surface area contributed by atoms with E-state index in [0.29, 0.717) is 11.0 Å². The number of nitrogens with zero attached hydrogens (tertiary/aromatic N) is 1. The molecule has 2 rings (SSSR count). The summed E-state index contributed by atoms with van der Waals surface area (Å²) < 4.78 is 25.8. The summed E-state index contributed by atoms with van der Waals surface area (Å²) >= 11 is 0. The van der Waals surface area contributed by atoms with Gasteiger partial charge in [-0.1, -0.05) is 6.07 Å². The molecule has 4 heteroatoms. The molecular formula is C10H10F2N2. The van der Waals surface area contributed by atoms with Gasteiger partial charge in [0.2, 0.25) is 0 Å². The summed E-state index contributed by atoms with van der Waals surface area (Å²) in [7, 11) is 0. The molecule has 0 aliphatic rings. The zero-order valence-electron chi connectivity index (χ0n) is 7.94. The highest BCUT2D eigenvalue weighted by atomic mass is 19.3. The van der Waals surface area contributed by atoms with Crippen molar-refractivity contribution in [2.24, 2.45) is 0 Å². The summed E-state index contributed by atoms with van der Waals surface area (Å²) in [6.45, 7) is 2.74. The first-order chi connectivity index (χ1) is 6.47. The lowest BCUT2D eigenvalue weighted by molar-refractivity contribution is 0.00891. The first-order valence-corrected chi connectivity index (χ1v) is 4.31. The van der Waals surface area contributed by atoms with Crippen LogP contribution in [0.2, 0.25) is 0 Å². The number of nitrogens with one attached hydrogen (secondary N) is 1. The fourth-order valence-electron chi connectivity index (χ4n) is 1.33. The second kappa shape index (κ2) is 2.77. The first kappa shape index (κ1) is 9.12. The van der Waals surface area contributed by atoms with Crippen molar-refractivity contribution in [2.75, 3.05) is 0 Å². The van der Waals surface area contributed by atoms with Gasteiger partial charge in [-0.15, -0.1) is 0 Å². The van der Waals surface area contributed by atoms with E-state index < -0.39 is 5.92 Å². The molecule has 14 heavy (non-hydrogen) atoms. The number of imidazole rings is 1. The number of alkyl halides is 2. The second-order valence-corrected chi connectivity index (χ2v) is 3.49. The Morgan fingerprint density at radius 1 is 1.36 bits per heavy atom. The smallest absolute Gasteiger partial charge is 0.301 e. The van der Waals surface area contributed by atoms with Crippen LogP contribution in [0.4, 0.5) is 8.78 Å². The predicted octanol–water partition coefficient (Wildman–Crippen LogP) is 2.98. The van der Waals surface area contributed by atoms with Gasteiger partial charge in [0.1, 0.15) is 0 Å². The molecule has 0 spiro atoms. The monoisotopic (exact) mass is 196 g/mol. The van der Waals surface area contributed by atoms with Gasteiger partial charge in [0, 0.05) is 6.92 Å². The fourth-order valence-corrected chi connectivity index (χ4v) is 1.33. The average molecular weight is 196 g/mol. The van der Waals surface area contributed by atoms with Gasteiger partial charge in [-0.05, 0) is 24.6 Å². The summed E-state index contributed by atoms with van der Waals surface area (Å²) in [5.74, 6) is -3.19. The summed E-state index contributed by atoms with van der Waals surface area (Å²) in [6, 6.07) is 5.38. The van der Waals surface area contributed by atoms with E-state index in [9.17, 15) is 8.78 Å². The minimum Gasteiger partial charge on any atom is -0.337 e. The summed E-state index contributed by atoms with van der Waals surface area (Å²) in [4.78, 5) is 6.43. The lowest BCUT2D eigenvalue weighted by atomic mass is 10.2. The maximum atomic E-state index is 12.9. The summed E-state index contributed by atoms with van der Waals surface area (Å²) in [5.41, 5.74) is 2.25. The molecule has 1 aromatic carbocycles. The van der Waals surface area contributed by atoms with Crippen molar-refractivity contribution in [2.45, 2.75) is 19.8 Å². The lowest BCUT2D eigenvalue weighted by Crippen LogP contribution is -2.08. The zero-order chi connectivity index (χ0) is 10.3. The highest BCUT2D eigenvalue weighted by molar-refractivity contribution is 5.75. The Bertz CT molecular complexity index is 468. The highest BCUT2D eigenvalue weighted by Gasteiger charge is 2.28. The van der Waals surface area contributed by atoms with Crippen LogP contribution in [-0.2, 0) is 5.92 Å². The van der Waals surface area contributed by atoms with E-state index >= 15 is 0 Å². The maximum absolute atomic E-state index is 12.9. The number of rotatable bonds is 1. The molecule has 0 atom stereocenters. The fraction of sp³-hybridized carbons (Fsp3) is 0.300. The third-order valence-corrected chi connectivity index (χ3v) is 2.05. The number of H-pyrrole nitrogens is 1. The van der Waals surface area contributed by atoms with E-state index in [-0.39, 0.29) is 5.82 Å². The van der Waals surface area contributed by atoms with Crippen LogP contribution in [0.5, 0.6) is 0 Å². The average Bonchev–Trinajstić information content (AvgIpc) is 2.45. The molecule has 2 nitrogen and oxygen atoms in total. The van der Waals surface area contributed by atoms with E-state index in [1.54, 1.807) is 12.1 Å². The molecule has 2 aromatic rings. The van der Waals surface area contributed by atoms with Crippen molar-refractivity contribution in [1.82, 2.24) is 9.97 Å². The molecule has 1 aromatic heterocycles. The SMILES string of the molecule is Cc1ccc2nc(C(C)(F)F)[nH]c2c1. The minimum atomic E-state index is -2.91. The number of halogens is 2. The van der Waals surface area contributed by atoms with Gasteiger partial charge in [-0.3, -0.25) is 0 Å². The Hall–Kier alpha value is -1.45. The van der Waals surface area contributed by atoms with Gasteiger partial charge >= 0.3 is 5.92 Å². The van der Waals surface area contributed by atoms with E-state index in [1.165, 1.54) is 0 Å². The minimum absolute atomic E-state index is 0.280. The highest BCUT2D eigenvalue weighted by Crippen LogP contribution is 2.26. The molecular weight excluding hydrogens is 186 g/mol. The van der Waals surface area contributed by atoms with Crippen LogP contribution in [0.1, 0.15) is 18.3 Å². The number of aromatic amines is 1. The van der Waals surface area contributed by atoms with E-state index in [4.69, 9.17) is 0 Å². The first-order valence-electron chi connectivity index (χ1n) is 4.31. The number of aromatic nitrogens is 2. The number of hydrogen-bond donors (Lipinski definition) is 1. The van der Waals surface area contributed by atoms with Crippen molar-refractivity contribution in [3.63, 3.8) is 0 Å². The molecule has 0 aliphatic carbocycles. The number of fused-ring (bicyclic) bond motifs is 1. The molecule has 0 saturated heterocycles. The van der Waals surface area contributed by atoms with Gasteiger partial charge < -0.3 is 4.98 Å². The van der Waals surface area contributed by atoms with Crippen LogP contribution < -0.4 is 0 Å². The topological polar surface area (TPSA) is 28.7 Å². The van der Waals surface area contributed by atoms with Gasteiger partial charge in [0.25, 0.3) is 0 Å². The summed E-state index contributed by atoms with van der Waals surface area (Å²) in [6.07, 6.45) is 0. The third kappa shape index (κ3) is 1.47. The zero-order valence-corrected chi connectivity index (χ0v) is 7.94. The predicted molar refractivity (Wildman–Crippen MR) is 50.4 cm³/mol. The van der Waals surface area contributed by atoms with Gasteiger partial charge in [0.15, 0.2) is 5.82 Å². The van der Waals surface area contributed by atoms with Crippen molar-refractivity contribution < 1.29 is 8.78 Å². The van der Waals surface area contributed by atoms with E-state index in [1.807, 2.05) is 13.0 Å². The largest absolute Gasteiger partial charge is 0.337 e. The number of aryl methyl sites for hydroxylation is 1. The normalized spacial score (nSPS) is 12.3. The Balaban J connectivity index is 2.63. The second-order valence-electron chi connectivity index (χ2n) is 3.49. The number of hydrogen-bond acceptors (Lipinski definition) is 1. The van der Waals surface area contributed by atoms with Crippen LogP contribution in [0.15, 0.2) is 18.2 Å². The number of benzene rings is 1. The van der Waals surface area contributed by atoms with Crippen molar-refractivity contribution in [3.05, 3.63) is 29.6 Å². The standard InChI is InChI=1S/C10H10F2N2/c1-6-3-4-7-8(5-6)14-9(13-7)10(2,11)12/h3-5H,1-2H3,(H,13,14). The molecule has 1 N–H and O–H groups in total. The van der Waals surface area contributed by atoms with Crippen molar-refractivity contribution in [3.8, 4) is 0 Å². The molecule has 1 heterocycles. The molecule has 0 fully saturated rings. The lowest BCUT2D eigenvalue weighted by Gasteiger charge is -2.03. The van der Waals surface area contributed by atoms with Crippen molar-refractivity contribution in [1.29, 1.82) is 0 Å². The quantitative estimate of drug-likeness (QED) is 0.746. The van der Waals surface area contributed by atoms with Gasteiger partial charge in [0.05, 0.1) is 11.0 Å². The Labute approximate surface area is 80.0 Å². The van der Waals surface area contributed by atoms with Crippen LogP contribution in [0, 0.1) is 6.92 Å². The molecule has 0 bridgehead atoms. The maximum Gasteiger partial charge on any atom is 0.301 e. The molecule has 0 unspecified atom stereocenters. The Kier molecular flexibility index (Phi) is 1.80. The van der Waals surface area contributed by atoms with Crippen LogP contribution in [0.3, 0.4) is 0 Å². The molecule has 0 amide bonds. The van der Waals surface area contributed by atoms with Gasteiger partial charge in [-0.2, -0.15) is 8.78 Å². The Morgan fingerprint density at radius 2 is 2.07 bits per heavy atom. The van der Waals surface area contributed by atoms with Gasteiger partial charge in [-0.25, -0.2) is 4.98 Å². The van der Waals surface area contributed by atoms with E-state index in [0.717, 1.165) is 12.5 Å². The Morgan fingerprint density at radius 3 is 2.71 bits per heavy atom. The molecule has 0 aliphatic heterocycles.